The first-order chi connectivity index (χ1) is 16.0. The van der Waals surface area contributed by atoms with Crippen LogP contribution in [-0.4, -0.2) is 23.1 Å². The van der Waals surface area contributed by atoms with Gasteiger partial charge in [0, 0.05) is 10.4 Å². The lowest BCUT2D eigenvalue weighted by Crippen LogP contribution is -2.42. The van der Waals surface area contributed by atoms with E-state index in [9.17, 15) is 9.59 Å². The molecule has 1 amide bonds. The van der Waals surface area contributed by atoms with Gasteiger partial charge in [-0.1, -0.05) is 29.8 Å². The van der Waals surface area contributed by atoms with E-state index in [4.69, 9.17) is 4.74 Å². The number of nitrogens with one attached hydrogen (secondary N) is 1. The van der Waals surface area contributed by atoms with Crippen molar-refractivity contribution in [1.82, 2.24) is 4.57 Å². The van der Waals surface area contributed by atoms with Gasteiger partial charge in [0.1, 0.15) is 11.2 Å². The van der Waals surface area contributed by atoms with Gasteiger partial charge in [-0.3, -0.25) is 4.79 Å². The third kappa shape index (κ3) is 4.22. The number of anilines is 1. The van der Waals surface area contributed by atoms with Crippen molar-refractivity contribution in [2.75, 3.05) is 11.9 Å². The van der Waals surface area contributed by atoms with Crippen molar-refractivity contribution in [3.8, 4) is 11.3 Å². The average Bonchev–Trinajstić information content (AvgIpc) is 3.49. The zero-order chi connectivity index (χ0) is 22.9. The molecule has 1 aliphatic heterocycles. The molecule has 0 atom stereocenters. The van der Waals surface area contributed by atoms with Crippen molar-refractivity contribution in [3.05, 3.63) is 57.9 Å². The Hall–Kier alpha value is -2.93. The van der Waals surface area contributed by atoms with Gasteiger partial charge in [0.05, 0.1) is 25.1 Å². The SMILES string of the molecule is CCOC(=O)c1c(NC(=O)C[n+]2cc(-c3ccc(C)cc3)n3c2CCC3)sc2c1CCCC2. The molecule has 172 valence electrons. The Labute approximate surface area is 198 Å². The molecule has 0 unspecified atom stereocenters. The van der Waals surface area contributed by atoms with Crippen LogP contribution in [0, 0.1) is 6.92 Å². The second-order valence-electron chi connectivity index (χ2n) is 8.86. The van der Waals surface area contributed by atoms with Crippen LogP contribution in [0.2, 0.25) is 0 Å². The number of aryl methyl sites for hydroxylation is 2. The monoisotopic (exact) mass is 464 g/mol. The number of hydrogen-bond acceptors (Lipinski definition) is 4. The molecule has 0 spiro atoms. The molecule has 0 radical (unpaired) electrons. The minimum atomic E-state index is -0.328. The Morgan fingerprint density at radius 3 is 2.70 bits per heavy atom. The van der Waals surface area contributed by atoms with Gasteiger partial charge >= 0.3 is 5.97 Å². The summed E-state index contributed by atoms with van der Waals surface area (Å²) < 4.78 is 9.71. The van der Waals surface area contributed by atoms with Gasteiger partial charge in [-0.25, -0.2) is 13.9 Å². The lowest BCUT2D eigenvalue weighted by molar-refractivity contribution is -0.690. The minimum Gasteiger partial charge on any atom is -0.462 e. The minimum absolute atomic E-state index is 0.111. The number of fused-ring (bicyclic) bond motifs is 2. The fraction of sp³-hybridized carbons (Fsp3) is 0.423. The van der Waals surface area contributed by atoms with E-state index in [-0.39, 0.29) is 18.4 Å². The highest BCUT2D eigenvalue weighted by Crippen LogP contribution is 2.38. The van der Waals surface area contributed by atoms with Crippen LogP contribution in [0.3, 0.4) is 0 Å². The summed E-state index contributed by atoms with van der Waals surface area (Å²) in [5, 5.41) is 3.69. The van der Waals surface area contributed by atoms with Gasteiger partial charge < -0.3 is 10.1 Å². The number of rotatable bonds is 6. The lowest BCUT2D eigenvalue weighted by atomic mass is 9.95. The van der Waals surface area contributed by atoms with Crippen molar-refractivity contribution in [2.45, 2.75) is 65.5 Å². The van der Waals surface area contributed by atoms with Crippen LogP contribution in [0.25, 0.3) is 11.3 Å². The number of nitrogens with zero attached hydrogens (tertiary/aromatic N) is 2. The average molecular weight is 465 g/mol. The van der Waals surface area contributed by atoms with Crippen molar-refractivity contribution < 1.29 is 18.9 Å². The smallest absolute Gasteiger partial charge is 0.341 e. The number of thiophene rings is 1. The van der Waals surface area contributed by atoms with E-state index in [1.807, 2.05) is 6.92 Å². The van der Waals surface area contributed by atoms with Gasteiger partial charge in [-0.2, -0.15) is 0 Å². The summed E-state index contributed by atoms with van der Waals surface area (Å²) >= 11 is 1.54. The van der Waals surface area contributed by atoms with Crippen molar-refractivity contribution in [3.63, 3.8) is 0 Å². The van der Waals surface area contributed by atoms with Crippen molar-refractivity contribution in [2.24, 2.45) is 0 Å². The van der Waals surface area contributed by atoms with Gasteiger partial charge in [0.2, 0.25) is 0 Å². The number of imidazole rings is 1. The second-order valence-corrected chi connectivity index (χ2v) is 9.97. The van der Waals surface area contributed by atoms with Crippen LogP contribution in [0.4, 0.5) is 5.00 Å². The first-order valence-corrected chi connectivity index (χ1v) is 12.7. The number of benzene rings is 1. The van der Waals surface area contributed by atoms with Crippen molar-refractivity contribution in [1.29, 1.82) is 0 Å². The number of aromatic nitrogens is 2. The quantitative estimate of drug-likeness (QED) is 0.433. The topological polar surface area (TPSA) is 64.2 Å². The molecule has 1 aliphatic carbocycles. The molecule has 1 aromatic carbocycles. The number of hydrogen-bond donors (Lipinski definition) is 1. The summed E-state index contributed by atoms with van der Waals surface area (Å²) in [7, 11) is 0. The van der Waals surface area contributed by atoms with Crippen molar-refractivity contribution >= 4 is 28.2 Å². The Balaban J connectivity index is 1.40. The maximum absolute atomic E-state index is 13.1. The number of carbonyl (C=O) groups excluding carboxylic acids is 2. The maximum atomic E-state index is 13.1. The Morgan fingerprint density at radius 1 is 1.12 bits per heavy atom. The van der Waals surface area contributed by atoms with Gasteiger partial charge in [0.25, 0.3) is 11.7 Å². The predicted octanol–water partition coefficient (Wildman–Crippen LogP) is 4.45. The molecule has 33 heavy (non-hydrogen) atoms. The Morgan fingerprint density at radius 2 is 1.91 bits per heavy atom. The van der Waals surface area contributed by atoms with E-state index >= 15 is 0 Å². The zero-order valence-electron chi connectivity index (χ0n) is 19.3. The molecular weight excluding hydrogens is 434 g/mol. The number of ether oxygens (including phenoxy) is 1. The van der Waals surface area contributed by atoms with E-state index in [2.05, 4.69) is 51.8 Å². The summed E-state index contributed by atoms with van der Waals surface area (Å²) in [6.45, 7) is 5.42. The fourth-order valence-electron chi connectivity index (χ4n) is 4.99. The molecule has 7 heteroatoms. The van der Waals surface area contributed by atoms with E-state index < -0.39 is 0 Å². The molecule has 2 aromatic heterocycles. The largest absolute Gasteiger partial charge is 0.462 e. The molecule has 0 saturated carbocycles. The van der Waals surface area contributed by atoms with E-state index in [1.165, 1.54) is 33.2 Å². The summed E-state index contributed by atoms with van der Waals surface area (Å²) in [6.07, 6.45) is 8.16. The first-order valence-electron chi connectivity index (χ1n) is 11.9. The highest BCUT2D eigenvalue weighted by Gasteiger charge is 2.31. The number of esters is 1. The van der Waals surface area contributed by atoms with Crippen LogP contribution < -0.4 is 9.88 Å². The summed E-state index contributed by atoms with van der Waals surface area (Å²) in [6, 6.07) is 8.53. The van der Waals surface area contributed by atoms with Crippen LogP contribution in [0.15, 0.2) is 30.5 Å². The molecule has 3 aromatic rings. The van der Waals surface area contributed by atoms with Crippen LogP contribution >= 0.6 is 11.3 Å². The summed E-state index contributed by atoms with van der Waals surface area (Å²) in [4.78, 5) is 27.0. The second kappa shape index (κ2) is 9.14. The standard InChI is InChI=1S/C26H29N3O3S/c1-3-32-26(31)24-19-7-4-5-8-21(19)33-25(24)27-22(30)16-28-15-20(29-14-6-9-23(28)29)18-12-10-17(2)11-13-18/h10-13,15H,3-9,14,16H2,1-2H3/p+1. The predicted molar refractivity (Wildman–Crippen MR) is 129 cm³/mol. The van der Waals surface area contributed by atoms with Crippen LogP contribution in [0.5, 0.6) is 0 Å². The first kappa shape index (κ1) is 21.9. The summed E-state index contributed by atoms with van der Waals surface area (Å²) in [5.74, 6) is 0.739. The third-order valence-corrected chi connectivity index (χ3v) is 7.77. The Kier molecular flexibility index (Phi) is 6.06. The lowest BCUT2D eigenvalue weighted by Gasteiger charge is -2.12. The molecule has 3 heterocycles. The molecular formula is C26H30N3O3S+. The number of amides is 1. The molecule has 0 saturated heterocycles. The van der Waals surface area contributed by atoms with Gasteiger partial charge in [0.15, 0.2) is 12.2 Å². The Bertz CT molecular complexity index is 1210. The normalized spacial score (nSPS) is 14.6. The number of carbonyl (C=O) groups is 2. The van der Waals surface area contributed by atoms with Gasteiger partial charge in [-0.15, -0.1) is 11.3 Å². The van der Waals surface area contributed by atoms with Crippen LogP contribution in [-0.2, 0) is 41.9 Å². The fourth-order valence-corrected chi connectivity index (χ4v) is 6.29. The molecule has 0 fully saturated rings. The molecule has 5 rings (SSSR count). The summed E-state index contributed by atoms with van der Waals surface area (Å²) in [5.41, 5.74) is 5.18. The molecule has 2 aliphatic rings. The molecule has 6 nitrogen and oxygen atoms in total. The van der Waals surface area contributed by atoms with Crippen LogP contribution in [0.1, 0.15) is 58.4 Å². The van der Waals surface area contributed by atoms with E-state index in [0.29, 0.717) is 17.2 Å². The highest BCUT2D eigenvalue weighted by atomic mass is 32.1. The third-order valence-electron chi connectivity index (χ3n) is 6.56. The molecule has 0 bridgehead atoms. The van der Waals surface area contributed by atoms with E-state index in [1.54, 1.807) is 0 Å². The van der Waals surface area contributed by atoms with E-state index in [0.717, 1.165) is 56.3 Å². The highest BCUT2D eigenvalue weighted by molar-refractivity contribution is 7.17. The molecule has 1 N–H and O–H groups in total. The zero-order valence-corrected chi connectivity index (χ0v) is 20.1. The van der Waals surface area contributed by atoms with Gasteiger partial charge in [-0.05, 0) is 51.5 Å². The maximum Gasteiger partial charge on any atom is 0.341 e.